The molecule has 0 radical (unpaired) electrons. The van der Waals surface area contributed by atoms with Crippen molar-refractivity contribution in [3.63, 3.8) is 0 Å². The van der Waals surface area contributed by atoms with Crippen LogP contribution in [0.1, 0.15) is 32.6 Å². The molecule has 0 aromatic carbocycles. The van der Waals surface area contributed by atoms with E-state index in [2.05, 4.69) is 6.92 Å². The molecule has 0 aliphatic heterocycles. The highest BCUT2D eigenvalue weighted by molar-refractivity contribution is 4.54. The molecule has 0 saturated carbocycles. The van der Waals surface area contributed by atoms with Crippen LogP contribution in [0.2, 0.25) is 0 Å². The Morgan fingerprint density at radius 1 is 1.00 bits per heavy atom. The molecule has 0 atom stereocenters. The minimum absolute atomic E-state index is 0.812. The maximum Gasteiger partial charge on any atom is -0.00772 e. The lowest BCUT2D eigenvalue weighted by atomic mass is 10.00. The van der Waals surface area contributed by atoms with E-state index in [-0.39, 0.29) is 0 Å². The second-order valence-corrected chi connectivity index (χ2v) is 2.97. The summed E-state index contributed by atoms with van der Waals surface area (Å²) in [7, 11) is 0. The van der Waals surface area contributed by atoms with Gasteiger partial charge in [0.2, 0.25) is 0 Å². The molecule has 0 aliphatic rings. The summed E-state index contributed by atoms with van der Waals surface area (Å²) in [6, 6.07) is 0. The molecule has 62 valence electrons. The van der Waals surface area contributed by atoms with Crippen LogP contribution in [0.4, 0.5) is 0 Å². The minimum Gasteiger partial charge on any atom is -0.330 e. The summed E-state index contributed by atoms with van der Waals surface area (Å²) in [5.74, 6) is 0.812. The molecule has 4 N–H and O–H groups in total. The van der Waals surface area contributed by atoms with Gasteiger partial charge in [0.1, 0.15) is 0 Å². The number of hydrogen-bond acceptors (Lipinski definition) is 2. The third-order valence-corrected chi connectivity index (χ3v) is 1.80. The monoisotopic (exact) mass is 144 g/mol. The van der Waals surface area contributed by atoms with Gasteiger partial charge in [0, 0.05) is 0 Å². The lowest BCUT2D eigenvalue weighted by molar-refractivity contribution is 0.466. The fraction of sp³-hybridized carbons (Fsp3) is 1.00. The van der Waals surface area contributed by atoms with Crippen LogP contribution >= 0.6 is 0 Å². The zero-order valence-electron chi connectivity index (χ0n) is 6.97. The van der Waals surface area contributed by atoms with Gasteiger partial charge in [-0.3, -0.25) is 0 Å². The molecular weight excluding hydrogens is 124 g/mol. The van der Waals surface area contributed by atoms with Crippen molar-refractivity contribution >= 4 is 0 Å². The number of nitrogens with two attached hydrogens (primary N) is 2. The summed E-state index contributed by atoms with van der Waals surface area (Å²) < 4.78 is 0. The van der Waals surface area contributed by atoms with Gasteiger partial charge in [-0.1, -0.05) is 6.92 Å². The average Bonchev–Trinajstić information content (AvgIpc) is 1.97. The van der Waals surface area contributed by atoms with Crippen LogP contribution < -0.4 is 11.5 Å². The molecule has 0 fully saturated rings. The normalized spacial score (nSPS) is 10.8. The van der Waals surface area contributed by atoms with Crippen molar-refractivity contribution in [1.29, 1.82) is 0 Å². The molecule has 0 aromatic heterocycles. The Morgan fingerprint density at radius 2 is 1.40 bits per heavy atom. The number of hydrogen-bond donors (Lipinski definition) is 2. The van der Waals surface area contributed by atoms with Crippen molar-refractivity contribution in [3.05, 3.63) is 0 Å². The van der Waals surface area contributed by atoms with Crippen LogP contribution in [0.5, 0.6) is 0 Å². The predicted octanol–water partition coefficient (Wildman–Crippen LogP) is 1.10. The van der Waals surface area contributed by atoms with Crippen LogP contribution in [0.3, 0.4) is 0 Å². The molecule has 0 bridgehead atoms. The minimum atomic E-state index is 0.812. The van der Waals surface area contributed by atoms with Gasteiger partial charge in [-0.15, -0.1) is 0 Å². The van der Waals surface area contributed by atoms with E-state index in [4.69, 9.17) is 11.5 Å². The third kappa shape index (κ3) is 6.05. The molecule has 0 spiro atoms. The molecule has 2 heteroatoms. The largest absolute Gasteiger partial charge is 0.330 e. The van der Waals surface area contributed by atoms with Crippen LogP contribution in [-0.2, 0) is 0 Å². The summed E-state index contributed by atoms with van der Waals surface area (Å²) in [6.45, 7) is 3.92. The zero-order chi connectivity index (χ0) is 7.82. The van der Waals surface area contributed by atoms with Gasteiger partial charge in [-0.05, 0) is 44.7 Å². The SMILES string of the molecule is CC(CCCN)CCCN. The Bertz CT molecular complexity index is 56.3. The van der Waals surface area contributed by atoms with E-state index in [1.54, 1.807) is 0 Å². The third-order valence-electron chi connectivity index (χ3n) is 1.80. The molecule has 0 heterocycles. The molecular formula is C8H20N2. The molecule has 10 heavy (non-hydrogen) atoms. The van der Waals surface area contributed by atoms with Gasteiger partial charge in [0.05, 0.1) is 0 Å². The topological polar surface area (TPSA) is 52.0 Å². The van der Waals surface area contributed by atoms with Gasteiger partial charge in [0.25, 0.3) is 0 Å². The highest BCUT2D eigenvalue weighted by Crippen LogP contribution is 2.10. The van der Waals surface area contributed by atoms with E-state index in [1.165, 1.54) is 12.8 Å². The Kier molecular flexibility index (Phi) is 6.98. The van der Waals surface area contributed by atoms with Gasteiger partial charge in [-0.2, -0.15) is 0 Å². The predicted molar refractivity (Wildman–Crippen MR) is 45.7 cm³/mol. The molecule has 0 aromatic rings. The van der Waals surface area contributed by atoms with Crippen LogP contribution in [0.25, 0.3) is 0 Å². The molecule has 0 amide bonds. The Hall–Kier alpha value is -0.0800. The second-order valence-electron chi connectivity index (χ2n) is 2.97. The molecule has 0 aliphatic carbocycles. The van der Waals surface area contributed by atoms with Gasteiger partial charge >= 0.3 is 0 Å². The lowest BCUT2D eigenvalue weighted by Crippen LogP contribution is -2.05. The number of rotatable bonds is 6. The quantitative estimate of drug-likeness (QED) is 0.586. The summed E-state index contributed by atoms with van der Waals surface area (Å²) in [5, 5.41) is 0. The Balaban J connectivity index is 3.00. The average molecular weight is 144 g/mol. The standard InChI is InChI=1S/C8H20N2/c1-8(4-2-6-9)5-3-7-10/h8H,2-7,9-10H2,1H3. The highest BCUT2D eigenvalue weighted by Gasteiger charge is 1.98. The summed E-state index contributed by atoms with van der Waals surface area (Å²) >= 11 is 0. The van der Waals surface area contributed by atoms with E-state index in [0.29, 0.717) is 0 Å². The molecule has 0 unspecified atom stereocenters. The Morgan fingerprint density at radius 3 is 1.70 bits per heavy atom. The second kappa shape index (κ2) is 7.03. The molecule has 0 saturated heterocycles. The van der Waals surface area contributed by atoms with Crippen molar-refractivity contribution in [3.8, 4) is 0 Å². The lowest BCUT2D eigenvalue weighted by Gasteiger charge is -2.08. The van der Waals surface area contributed by atoms with Crippen LogP contribution in [-0.4, -0.2) is 13.1 Å². The molecule has 0 rings (SSSR count). The zero-order valence-corrected chi connectivity index (χ0v) is 6.97. The maximum absolute atomic E-state index is 5.38. The first-order chi connectivity index (χ1) is 4.81. The first kappa shape index (κ1) is 9.92. The summed E-state index contributed by atoms with van der Waals surface area (Å²) in [4.78, 5) is 0. The Labute approximate surface area is 64.0 Å². The van der Waals surface area contributed by atoms with Gasteiger partial charge in [0.15, 0.2) is 0 Å². The van der Waals surface area contributed by atoms with Crippen molar-refractivity contribution in [2.24, 2.45) is 17.4 Å². The van der Waals surface area contributed by atoms with Gasteiger partial charge in [-0.25, -0.2) is 0 Å². The van der Waals surface area contributed by atoms with E-state index in [0.717, 1.165) is 31.8 Å². The van der Waals surface area contributed by atoms with E-state index in [1.807, 2.05) is 0 Å². The van der Waals surface area contributed by atoms with E-state index < -0.39 is 0 Å². The van der Waals surface area contributed by atoms with Gasteiger partial charge < -0.3 is 11.5 Å². The fourth-order valence-electron chi connectivity index (χ4n) is 1.08. The molecule has 2 nitrogen and oxygen atoms in total. The smallest absolute Gasteiger partial charge is 0.00772 e. The summed E-state index contributed by atoms with van der Waals surface area (Å²) in [5.41, 5.74) is 10.8. The van der Waals surface area contributed by atoms with Crippen molar-refractivity contribution < 1.29 is 0 Å². The van der Waals surface area contributed by atoms with Crippen molar-refractivity contribution in [1.82, 2.24) is 0 Å². The maximum atomic E-state index is 5.38. The van der Waals surface area contributed by atoms with Crippen molar-refractivity contribution in [2.45, 2.75) is 32.6 Å². The fourth-order valence-corrected chi connectivity index (χ4v) is 1.08. The first-order valence-corrected chi connectivity index (χ1v) is 4.21. The highest BCUT2D eigenvalue weighted by atomic mass is 14.5. The van der Waals surface area contributed by atoms with E-state index >= 15 is 0 Å². The van der Waals surface area contributed by atoms with E-state index in [9.17, 15) is 0 Å². The summed E-state index contributed by atoms with van der Waals surface area (Å²) in [6.07, 6.45) is 4.84. The van der Waals surface area contributed by atoms with Crippen LogP contribution in [0, 0.1) is 5.92 Å². The van der Waals surface area contributed by atoms with Crippen LogP contribution in [0.15, 0.2) is 0 Å². The first-order valence-electron chi connectivity index (χ1n) is 4.21. The van der Waals surface area contributed by atoms with Crippen molar-refractivity contribution in [2.75, 3.05) is 13.1 Å².